The Morgan fingerprint density at radius 2 is 1.04 bits per heavy atom. The molecule has 0 bridgehead atoms. The molecule has 0 aliphatic heterocycles. The molecule has 0 radical (unpaired) electrons. The van der Waals surface area contributed by atoms with Gasteiger partial charge in [0.25, 0.3) is 0 Å². The van der Waals surface area contributed by atoms with Gasteiger partial charge in [-0.15, -0.1) is 0 Å². The highest BCUT2D eigenvalue weighted by Crippen LogP contribution is 2.25. The van der Waals surface area contributed by atoms with Gasteiger partial charge in [0.15, 0.2) is 0 Å². The van der Waals surface area contributed by atoms with Gasteiger partial charge in [0.05, 0.1) is 11.0 Å². The van der Waals surface area contributed by atoms with Crippen molar-refractivity contribution in [2.24, 2.45) is 0 Å². The second-order valence-corrected chi connectivity index (χ2v) is 7.06. The van der Waals surface area contributed by atoms with Crippen LogP contribution in [0.3, 0.4) is 0 Å². The fraction of sp³-hybridized carbons (Fsp3) is 0.400. The lowest BCUT2D eigenvalue weighted by molar-refractivity contribution is 0.425. The molecule has 6 nitrogen and oxygen atoms in total. The minimum absolute atomic E-state index is 0.862. The lowest BCUT2D eigenvalue weighted by atomic mass is 10.1. The number of likely N-dealkylation sites (N-methyl/N-ethyl adjacent to an activating group) is 2. The Bertz CT molecular complexity index is 802. The third-order valence-electron chi connectivity index (χ3n) is 4.25. The Balaban J connectivity index is 1.88. The number of nitrogens with one attached hydrogen (secondary N) is 2. The normalized spacial score (nSPS) is 11.6. The van der Waals surface area contributed by atoms with E-state index in [0.29, 0.717) is 0 Å². The molecule has 2 heterocycles. The third kappa shape index (κ3) is 4.59. The van der Waals surface area contributed by atoms with Crippen LogP contribution in [-0.2, 0) is 0 Å². The quantitative estimate of drug-likeness (QED) is 0.608. The number of anilines is 2. The monoisotopic (exact) mass is 352 g/mol. The standard InChI is InChI=1S/C20H28N6/c1-25(2)13-11-21-17-9-7-15-5-6-16-8-10-18(22-12-14-26(3)4)24-20(16)19(15)23-17/h5-10H,11-14H2,1-4H3,(H,21,23)(H,22,24). The van der Waals surface area contributed by atoms with Crippen LogP contribution in [0.25, 0.3) is 21.8 Å². The van der Waals surface area contributed by atoms with Crippen molar-refractivity contribution in [1.29, 1.82) is 0 Å². The molecule has 2 aromatic heterocycles. The summed E-state index contributed by atoms with van der Waals surface area (Å²) in [7, 11) is 8.27. The smallest absolute Gasteiger partial charge is 0.126 e. The van der Waals surface area contributed by atoms with Crippen LogP contribution in [-0.4, -0.2) is 74.1 Å². The van der Waals surface area contributed by atoms with E-state index < -0.39 is 0 Å². The van der Waals surface area contributed by atoms with Crippen molar-refractivity contribution in [3.63, 3.8) is 0 Å². The van der Waals surface area contributed by atoms with Gasteiger partial charge < -0.3 is 20.4 Å². The number of fused-ring (bicyclic) bond motifs is 3. The molecule has 3 rings (SSSR count). The van der Waals surface area contributed by atoms with Gasteiger partial charge in [0, 0.05) is 37.0 Å². The van der Waals surface area contributed by atoms with Crippen molar-refractivity contribution < 1.29 is 0 Å². The van der Waals surface area contributed by atoms with E-state index in [0.717, 1.165) is 59.6 Å². The van der Waals surface area contributed by atoms with Crippen LogP contribution in [0.2, 0.25) is 0 Å². The molecule has 0 saturated carbocycles. The maximum Gasteiger partial charge on any atom is 0.126 e. The first-order valence-corrected chi connectivity index (χ1v) is 9.00. The zero-order chi connectivity index (χ0) is 18.5. The fourth-order valence-corrected chi connectivity index (χ4v) is 2.78. The SMILES string of the molecule is CN(C)CCNc1ccc2ccc3ccc(NCCN(C)C)nc3c2n1. The van der Waals surface area contributed by atoms with Gasteiger partial charge in [-0.05, 0) is 52.5 Å². The lowest BCUT2D eigenvalue weighted by Gasteiger charge is -2.13. The van der Waals surface area contributed by atoms with Crippen LogP contribution in [0, 0.1) is 0 Å². The van der Waals surface area contributed by atoms with Gasteiger partial charge in [-0.1, -0.05) is 12.1 Å². The second kappa shape index (κ2) is 8.29. The van der Waals surface area contributed by atoms with Crippen molar-refractivity contribution in [3.8, 4) is 0 Å². The zero-order valence-electron chi connectivity index (χ0n) is 16.1. The fourth-order valence-electron chi connectivity index (χ4n) is 2.78. The van der Waals surface area contributed by atoms with Crippen LogP contribution in [0.15, 0.2) is 36.4 Å². The Kier molecular flexibility index (Phi) is 5.85. The van der Waals surface area contributed by atoms with Crippen LogP contribution >= 0.6 is 0 Å². The summed E-state index contributed by atoms with van der Waals surface area (Å²) in [5.41, 5.74) is 1.88. The molecular formula is C20H28N6. The number of hydrogen-bond acceptors (Lipinski definition) is 6. The molecule has 2 N–H and O–H groups in total. The number of benzene rings is 1. The summed E-state index contributed by atoms with van der Waals surface area (Å²) >= 11 is 0. The van der Waals surface area contributed by atoms with E-state index in [2.05, 4.69) is 72.9 Å². The molecule has 3 aromatic rings. The van der Waals surface area contributed by atoms with Crippen molar-refractivity contribution in [2.45, 2.75) is 0 Å². The highest BCUT2D eigenvalue weighted by atomic mass is 15.1. The summed E-state index contributed by atoms with van der Waals surface area (Å²) in [5.74, 6) is 1.78. The number of nitrogens with zero attached hydrogens (tertiary/aromatic N) is 4. The second-order valence-electron chi connectivity index (χ2n) is 7.06. The highest BCUT2D eigenvalue weighted by Gasteiger charge is 2.06. The number of rotatable bonds is 8. The topological polar surface area (TPSA) is 56.3 Å². The van der Waals surface area contributed by atoms with E-state index in [1.165, 1.54) is 0 Å². The predicted molar refractivity (Wildman–Crippen MR) is 111 cm³/mol. The molecule has 138 valence electrons. The third-order valence-corrected chi connectivity index (χ3v) is 4.25. The van der Waals surface area contributed by atoms with Gasteiger partial charge in [0.1, 0.15) is 11.6 Å². The van der Waals surface area contributed by atoms with E-state index in [9.17, 15) is 0 Å². The first kappa shape index (κ1) is 18.4. The zero-order valence-corrected chi connectivity index (χ0v) is 16.1. The van der Waals surface area contributed by atoms with Crippen LogP contribution < -0.4 is 10.6 Å². The largest absolute Gasteiger partial charge is 0.369 e. The van der Waals surface area contributed by atoms with Gasteiger partial charge in [-0.25, -0.2) is 9.97 Å². The van der Waals surface area contributed by atoms with Gasteiger partial charge in [0.2, 0.25) is 0 Å². The summed E-state index contributed by atoms with van der Waals surface area (Å²) in [4.78, 5) is 13.9. The van der Waals surface area contributed by atoms with Crippen molar-refractivity contribution in [3.05, 3.63) is 36.4 Å². The van der Waals surface area contributed by atoms with Crippen molar-refractivity contribution in [2.75, 3.05) is 65.0 Å². The summed E-state index contributed by atoms with van der Waals surface area (Å²) < 4.78 is 0. The lowest BCUT2D eigenvalue weighted by Crippen LogP contribution is -2.21. The van der Waals surface area contributed by atoms with Crippen LogP contribution in [0.4, 0.5) is 11.6 Å². The Labute approximate surface area is 155 Å². The first-order valence-electron chi connectivity index (χ1n) is 9.00. The molecule has 0 aliphatic carbocycles. The minimum atomic E-state index is 0.862. The molecule has 0 unspecified atom stereocenters. The van der Waals surface area contributed by atoms with Gasteiger partial charge in [-0.3, -0.25) is 0 Å². The molecule has 6 heteroatoms. The Morgan fingerprint density at radius 1 is 0.654 bits per heavy atom. The molecule has 0 spiro atoms. The van der Waals surface area contributed by atoms with E-state index in [-0.39, 0.29) is 0 Å². The van der Waals surface area contributed by atoms with Crippen LogP contribution in [0.1, 0.15) is 0 Å². The summed E-state index contributed by atoms with van der Waals surface area (Å²) in [6, 6.07) is 12.5. The minimum Gasteiger partial charge on any atom is -0.369 e. The average molecular weight is 352 g/mol. The number of pyridine rings is 2. The highest BCUT2D eigenvalue weighted by molar-refractivity contribution is 6.03. The molecule has 0 fully saturated rings. The maximum atomic E-state index is 4.82. The van der Waals surface area contributed by atoms with Crippen molar-refractivity contribution in [1.82, 2.24) is 19.8 Å². The van der Waals surface area contributed by atoms with Gasteiger partial charge >= 0.3 is 0 Å². The van der Waals surface area contributed by atoms with Gasteiger partial charge in [-0.2, -0.15) is 0 Å². The summed E-state index contributed by atoms with van der Waals surface area (Å²) in [6.07, 6.45) is 0. The molecule has 0 saturated heterocycles. The summed E-state index contributed by atoms with van der Waals surface area (Å²) in [6.45, 7) is 3.66. The van der Waals surface area contributed by atoms with E-state index in [1.54, 1.807) is 0 Å². The molecule has 1 aromatic carbocycles. The molecular weight excluding hydrogens is 324 g/mol. The first-order chi connectivity index (χ1) is 12.5. The molecule has 26 heavy (non-hydrogen) atoms. The van der Waals surface area contributed by atoms with Crippen LogP contribution in [0.5, 0.6) is 0 Å². The Hall–Kier alpha value is -2.44. The number of aromatic nitrogens is 2. The van der Waals surface area contributed by atoms with Crippen molar-refractivity contribution >= 4 is 33.4 Å². The maximum absolute atomic E-state index is 4.82. The van der Waals surface area contributed by atoms with E-state index in [4.69, 9.17) is 9.97 Å². The predicted octanol–water partition coefficient (Wildman–Crippen LogP) is 2.73. The Morgan fingerprint density at radius 3 is 1.42 bits per heavy atom. The average Bonchev–Trinajstić information content (AvgIpc) is 2.61. The van der Waals surface area contributed by atoms with E-state index >= 15 is 0 Å². The molecule has 0 amide bonds. The molecule has 0 aliphatic rings. The summed E-state index contributed by atoms with van der Waals surface area (Å²) in [5, 5.41) is 9.00. The van der Waals surface area contributed by atoms with E-state index in [1.807, 2.05) is 12.1 Å². The molecule has 0 atom stereocenters. The number of hydrogen-bond donors (Lipinski definition) is 2.